The van der Waals surface area contributed by atoms with Gasteiger partial charge in [0.05, 0.1) is 11.2 Å². The average Bonchev–Trinajstić information content (AvgIpc) is 3.66. The zero-order valence-electron chi connectivity index (χ0n) is 36.3. The van der Waals surface area contributed by atoms with E-state index in [4.69, 9.17) is 0 Å². The third-order valence-electron chi connectivity index (χ3n) is 11.1. The zero-order chi connectivity index (χ0) is 41.9. The second kappa shape index (κ2) is 19.8. The topological polar surface area (TPSA) is 4.93 Å². The van der Waals surface area contributed by atoms with Crippen LogP contribution in [0.5, 0.6) is 0 Å². The van der Waals surface area contributed by atoms with Gasteiger partial charge in [-0.3, -0.25) is 0 Å². The molecule has 0 N–H and O–H groups in total. The summed E-state index contributed by atoms with van der Waals surface area (Å²) in [5.41, 5.74) is 21.5. The van der Waals surface area contributed by atoms with Crippen LogP contribution in [-0.2, 0) is 0 Å². The summed E-state index contributed by atoms with van der Waals surface area (Å²) in [5, 5.41) is 1.23. The van der Waals surface area contributed by atoms with E-state index in [1.54, 1.807) is 0 Å². The van der Waals surface area contributed by atoms with Crippen LogP contribution < -0.4 is 0 Å². The molecule has 1 aromatic heterocycles. The Labute approximate surface area is 354 Å². The minimum absolute atomic E-state index is 1.12. The molecular formula is C58H59N. The lowest BCUT2D eigenvalue weighted by molar-refractivity contribution is 0.966. The molecule has 0 unspecified atom stereocenters. The summed E-state index contributed by atoms with van der Waals surface area (Å²) in [4.78, 5) is 0. The van der Waals surface area contributed by atoms with Crippen molar-refractivity contribution in [2.24, 2.45) is 0 Å². The van der Waals surface area contributed by atoms with E-state index in [9.17, 15) is 0 Å². The third kappa shape index (κ3) is 9.65. The molecule has 0 saturated heterocycles. The fraction of sp³-hybridized carbons (Fsp3) is 0.172. The standard InChI is InChI=1S/C41H35N.C15H18.C2H6/c1-5-14-37-31(6-2)19-13-20-40(37)42-28-39(33-17-11-8-12-18-33)38-27-35(23-24-41(38)42)34-22-21-29(3)36(26-34)25-30(4)32-15-9-7-10-16-32;1-11-8-9-13(3)15(10-11)14-7-5-4-6-12(14)2;1-2/h5-28H,2H2,1,3-4H3;5,7-10H,4,6H2,1-3H3;1-2H3/b14-5-,30-25+;;. The Morgan fingerprint density at radius 3 is 2.07 bits per heavy atom. The molecule has 0 radical (unpaired) electrons. The van der Waals surface area contributed by atoms with Gasteiger partial charge in [-0.05, 0) is 140 Å². The van der Waals surface area contributed by atoms with E-state index in [1.807, 2.05) is 19.9 Å². The van der Waals surface area contributed by atoms with E-state index in [1.165, 1.54) is 102 Å². The van der Waals surface area contributed by atoms with Crippen LogP contribution in [0.15, 0.2) is 170 Å². The molecule has 1 nitrogen and oxygen atoms in total. The van der Waals surface area contributed by atoms with Crippen LogP contribution in [0.25, 0.3) is 68.2 Å². The van der Waals surface area contributed by atoms with E-state index < -0.39 is 0 Å². The molecule has 6 aromatic carbocycles. The number of benzene rings is 6. The minimum Gasteiger partial charge on any atom is -0.315 e. The molecule has 0 aliphatic heterocycles. The molecule has 7 aromatic rings. The van der Waals surface area contributed by atoms with E-state index in [0.29, 0.717) is 0 Å². The summed E-state index contributed by atoms with van der Waals surface area (Å²) < 4.78 is 2.33. The van der Waals surface area contributed by atoms with Crippen LogP contribution in [0.3, 0.4) is 0 Å². The Hall–Kier alpha value is -6.44. The van der Waals surface area contributed by atoms with Crippen molar-refractivity contribution in [3.8, 4) is 27.9 Å². The highest BCUT2D eigenvalue weighted by Crippen LogP contribution is 2.38. The first-order valence-electron chi connectivity index (χ1n) is 21.1. The van der Waals surface area contributed by atoms with Crippen LogP contribution in [0.2, 0.25) is 0 Å². The Kier molecular flexibility index (Phi) is 14.2. The van der Waals surface area contributed by atoms with Crippen LogP contribution >= 0.6 is 0 Å². The lowest BCUT2D eigenvalue weighted by Crippen LogP contribution is -1.97. The van der Waals surface area contributed by atoms with Crippen molar-refractivity contribution >= 4 is 40.3 Å². The number of hydrogen-bond donors (Lipinski definition) is 0. The number of aryl methyl sites for hydroxylation is 3. The third-order valence-corrected chi connectivity index (χ3v) is 11.1. The van der Waals surface area contributed by atoms with E-state index in [2.05, 4.69) is 223 Å². The predicted molar refractivity (Wildman–Crippen MR) is 262 cm³/mol. The fourth-order valence-corrected chi connectivity index (χ4v) is 7.88. The van der Waals surface area contributed by atoms with E-state index in [0.717, 1.165) is 11.3 Å². The van der Waals surface area contributed by atoms with Crippen LogP contribution in [0.1, 0.15) is 92.0 Å². The molecule has 0 atom stereocenters. The molecule has 0 saturated carbocycles. The molecular weight excluding hydrogens is 711 g/mol. The number of hydrogen-bond acceptors (Lipinski definition) is 0. The Morgan fingerprint density at radius 2 is 1.36 bits per heavy atom. The van der Waals surface area contributed by atoms with Crippen LogP contribution in [0, 0.1) is 20.8 Å². The van der Waals surface area contributed by atoms with Gasteiger partial charge in [0.1, 0.15) is 0 Å². The first-order chi connectivity index (χ1) is 28.7. The zero-order valence-corrected chi connectivity index (χ0v) is 36.3. The monoisotopic (exact) mass is 769 g/mol. The molecule has 0 bridgehead atoms. The summed E-state index contributed by atoms with van der Waals surface area (Å²) in [6.45, 7) is 21.1. The molecule has 59 heavy (non-hydrogen) atoms. The lowest BCUT2D eigenvalue weighted by atomic mass is 9.90. The maximum Gasteiger partial charge on any atom is 0.0535 e. The molecule has 1 aliphatic carbocycles. The van der Waals surface area contributed by atoms with Crippen molar-refractivity contribution in [2.75, 3.05) is 0 Å². The second-order valence-corrected chi connectivity index (χ2v) is 15.2. The van der Waals surface area contributed by atoms with Crippen molar-refractivity contribution in [1.82, 2.24) is 4.57 Å². The molecule has 1 aliphatic rings. The van der Waals surface area contributed by atoms with Gasteiger partial charge in [0, 0.05) is 22.7 Å². The molecule has 0 amide bonds. The highest BCUT2D eigenvalue weighted by atomic mass is 15.0. The van der Waals surface area contributed by atoms with Gasteiger partial charge in [-0.15, -0.1) is 0 Å². The normalized spacial score (nSPS) is 12.6. The quantitative estimate of drug-likeness (QED) is 0.136. The highest BCUT2D eigenvalue weighted by Gasteiger charge is 2.16. The molecule has 0 fully saturated rings. The SMILES string of the molecule is C=Cc1cccc(-n2cc(-c3ccccc3)c3cc(-c4ccc(C)c(/C=C(\C)c5ccccc5)c4)ccc32)c1/C=C\C.CC.CC1=C(c2cc(C)ccc2C)C=CCC1. The number of allylic oxidation sites excluding steroid dienone is 6. The van der Waals surface area contributed by atoms with Gasteiger partial charge in [-0.1, -0.05) is 177 Å². The number of fused-ring (bicyclic) bond motifs is 1. The number of aromatic nitrogens is 1. The van der Waals surface area contributed by atoms with Gasteiger partial charge in [0.15, 0.2) is 0 Å². The molecule has 1 heteroatoms. The van der Waals surface area contributed by atoms with Crippen molar-refractivity contribution in [3.05, 3.63) is 215 Å². The molecule has 1 heterocycles. The van der Waals surface area contributed by atoms with Crippen LogP contribution in [0.4, 0.5) is 0 Å². The van der Waals surface area contributed by atoms with Crippen LogP contribution in [-0.4, -0.2) is 4.57 Å². The van der Waals surface area contributed by atoms with Gasteiger partial charge in [-0.25, -0.2) is 0 Å². The van der Waals surface area contributed by atoms with E-state index >= 15 is 0 Å². The second-order valence-electron chi connectivity index (χ2n) is 15.2. The summed E-state index contributed by atoms with van der Waals surface area (Å²) in [5.74, 6) is 0. The van der Waals surface area contributed by atoms with E-state index in [-0.39, 0.29) is 0 Å². The van der Waals surface area contributed by atoms with Gasteiger partial charge < -0.3 is 4.57 Å². The molecule has 8 rings (SSSR count). The Morgan fingerprint density at radius 1 is 0.661 bits per heavy atom. The highest BCUT2D eigenvalue weighted by molar-refractivity contribution is 6.00. The number of nitrogens with zero attached hydrogens (tertiary/aromatic N) is 1. The minimum atomic E-state index is 1.12. The largest absolute Gasteiger partial charge is 0.315 e. The first-order valence-corrected chi connectivity index (χ1v) is 21.1. The fourth-order valence-electron chi connectivity index (χ4n) is 7.88. The Bertz CT molecular complexity index is 2670. The predicted octanol–water partition coefficient (Wildman–Crippen LogP) is 17.0. The summed E-state index contributed by atoms with van der Waals surface area (Å²) in [6.07, 6.45) is 17.7. The Balaban J connectivity index is 0.000000288. The van der Waals surface area contributed by atoms with Gasteiger partial charge >= 0.3 is 0 Å². The lowest BCUT2D eigenvalue weighted by Gasteiger charge is -2.15. The molecule has 296 valence electrons. The average molecular weight is 770 g/mol. The maximum absolute atomic E-state index is 4.07. The smallest absolute Gasteiger partial charge is 0.0535 e. The van der Waals surface area contributed by atoms with Crippen molar-refractivity contribution in [3.63, 3.8) is 0 Å². The van der Waals surface area contributed by atoms with Gasteiger partial charge in [0.2, 0.25) is 0 Å². The van der Waals surface area contributed by atoms with Gasteiger partial charge in [0.25, 0.3) is 0 Å². The summed E-state index contributed by atoms with van der Waals surface area (Å²) >= 11 is 0. The van der Waals surface area contributed by atoms with Crippen molar-refractivity contribution in [1.29, 1.82) is 0 Å². The number of rotatable bonds is 8. The first kappa shape index (κ1) is 42.2. The maximum atomic E-state index is 4.07. The molecule has 0 spiro atoms. The van der Waals surface area contributed by atoms with Crippen molar-refractivity contribution in [2.45, 2.75) is 68.2 Å². The van der Waals surface area contributed by atoms with Crippen molar-refractivity contribution < 1.29 is 0 Å². The summed E-state index contributed by atoms with van der Waals surface area (Å²) in [6, 6.07) is 48.0. The summed E-state index contributed by atoms with van der Waals surface area (Å²) in [7, 11) is 0. The van der Waals surface area contributed by atoms with Gasteiger partial charge in [-0.2, -0.15) is 0 Å².